The van der Waals surface area contributed by atoms with E-state index in [4.69, 9.17) is 4.74 Å². The smallest absolute Gasteiger partial charge is 0.134 e. The van der Waals surface area contributed by atoms with Gasteiger partial charge in [-0.15, -0.1) is 0 Å². The van der Waals surface area contributed by atoms with E-state index < -0.39 is 0 Å². The number of nitrogens with zero attached hydrogens (tertiary/aromatic N) is 3. The molecule has 2 saturated heterocycles. The van der Waals surface area contributed by atoms with E-state index in [1.165, 1.54) is 0 Å². The van der Waals surface area contributed by atoms with Crippen molar-refractivity contribution in [3.63, 3.8) is 0 Å². The number of hydrogen-bond donors (Lipinski definition) is 2. The molecule has 3 heterocycles. The Balaban J connectivity index is 1.67. The van der Waals surface area contributed by atoms with Crippen LogP contribution in [0.3, 0.4) is 0 Å². The first-order valence-corrected chi connectivity index (χ1v) is 6.54. The summed E-state index contributed by atoms with van der Waals surface area (Å²) in [4.78, 5) is 10.9. The van der Waals surface area contributed by atoms with Crippen LogP contribution in [0.1, 0.15) is 6.42 Å². The van der Waals surface area contributed by atoms with Gasteiger partial charge < -0.3 is 20.3 Å². The first-order chi connectivity index (χ1) is 8.92. The van der Waals surface area contributed by atoms with Gasteiger partial charge >= 0.3 is 0 Å². The minimum Gasteiger partial charge on any atom is -0.378 e. The summed E-state index contributed by atoms with van der Waals surface area (Å²) in [5, 5.41) is 6.79. The van der Waals surface area contributed by atoms with Crippen LogP contribution in [0.2, 0.25) is 0 Å². The Bertz CT molecular complexity index is 388. The van der Waals surface area contributed by atoms with Crippen molar-refractivity contribution in [2.45, 2.75) is 12.5 Å². The molecule has 0 spiro atoms. The Kier molecular flexibility index (Phi) is 3.56. The van der Waals surface area contributed by atoms with Gasteiger partial charge in [0, 0.05) is 31.7 Å². The van der Waals surface area contributed by atoms with Crippen LogP contribution in [0, 0.1) is 0 Å². The van der Waals surface area contributed by atoms with Gasteiger partial charge in [-0.2, -0.15) is 0 Å². The minimum atomic E-state index is 0.484. The van der Waals surface area contributed by atoms with E-state index in [1.54, 1.807) is 6.33 Å². The van der Waals surface area contributed by atoms with Gasteiger partial charge in [0.05, 0.1) is 13.2 Å². The van der Waals surface area contributed by atoms with E-state index in [1.807, 2.05) is 6.07 Å². The molecule has 2 N–H and O–H groups in total. The van der Waals surface area contributed by atoms with Gasteiger partial charge in [-0.3, -0.25) is 0 Å². The van der Waals surface area contributed by atoms with E-state index in [0.29, 0.717) is 6.04 Å². The largest absolute Gasteiger partial charge is 0.378 e. The Labute approximate surface area is 107 Å². The topological polar surface area (TPSA) is 62.3 Å². The molecule has 0 bridgehead atoms. The highest BCUT2D eigenvalue weighted by molar-refractivity contribution is 5.49. The van der Waals surface area contributed by atoms with Crippen molar-refractivity contribution < 1.29 is 4.74 Å². The van der Waals surface area contributed by atoms with Crippen molar-refractivity contribution in [3.8, 4) is 0 Å². The molecule has 0 radical (unpaired) electrons. The number of aromatic nitrogens is 2. The standard InChI is InChI=1S/C12H19N5O/c1-2-13-8-10(1)16-11-7-12(15-9-14-11)17-3-5-18-6-4-17/h7,9-10,13H,1-6,8H2,(H,14,15,16). The number of rotatable bonds is 3. The number of morpholine rings is 1. The molecule has 1 atom stereocenters. The predicted octanol–water partition coefficient (Wildman–Crippen LogP) is 0.0870. The van der Waals surface area contributed by atoms with Crippen LogP contribution >= 0.6 is 0 Å². The molecule has 6 heteroatoms. The first-order valence-electron chi connectivity index (χ1n) is 6.54. The van der Waals surface area contributed by atoms with Gasteiger partial charge in [-0.1, -0.05) is 0 Å². The molecule has 3 rings (SSSR count). The van der Waals surface area contributed by atoms with Crippen molar-refractivity contribution in [1.82, 2.24) is 15.3 Å². The Hall–Kier alpha value is -1.40. The first kappa shape index (κ1) is 11.7. The highest BCUT2D eigenvalue weighted by atomic mass is 16.5. The van der Waals surface area contributed by atoms with Crippen molar-refractivity contribution in [3.05, 3.63) is 12.4 Å². The highest BCUT2D eigenvalue weighted by Crippen LogP contribution is 2.16. The van der Waals surface area contributed by atoms with Crippen molar-refractivity contribution in [1.29, 1.82) is 0 Å². The second kappa shape index (κ2) is 5.49. The van der Waals surface area contributed by atoms with Gasteiger partial charge in [-0.25, -0.2) is 9.97 Å². The molecule has 98 valence electrons. The van der Waals surface area contributed by atoms with Gasteiger partial charge in [0.25, 0.3) is 0 Å². The SMILES string of the molecule is c1nc(NC2CCNC2)cc(N2CCOCC2)n1. The summed E-state index contributed by atoms with van der Waals surface area (Å²) < 4.78 is 5.35. The molecule has 1 unspecified atom stereocenters. The third-order valence-corrected chi connectivity index (χ3v) is 3.40. The van der Waals surface area contributed by atoms with Crippen LogP contribution in [0.25, 0.3) is 0 Å². The molecule has 2 fully saturated rings. The average molecular weight is 249 g/mol. The molecule has 2 aliphatic rings. The number of anilines is 2. The van der Waals surface area contributed by atoms with Crippen molar-refractivity contribution in [2.75, 3.05) is 49.6 Å². The monoisotopic (exact) mass is 249 g/mol. The maximum Gasteiger partial charge on any atom is 0.134 e. The molecule has 0 amide bonds. The second-order valence-electron chi connectivity index (χ2n) is 4.69. The maximum atomic E-state index is 5.35. The molecule has 2 aliphatic heterocycles. The summed E-state index contributed by atoms with van der Waals surface area (Å²) in [6, 6.07) is 2.52. The second-order valence-corrected chi connectivity index (χ2v) is 4.69. The summed E-state index contributed by atoms with van der Waals surface area (Å²) in [6.07, 6.45) is 2.78. The lowest BCUT2D eigenvalue weighted by atomic mass is 10.2. The third-order valence-electron chi connectivity index (χ3n) is 3.40. The Morgan fingerprint density at radius 2 is 2.22 bits per heavy atom. The van der Waals surface area contributed by atoms with E-state index in [9.17, 15) is 0 Å². The molecule has 0 aliphatic carbocycles. The zero-order valence-electron chi connectivity index (χ0n) is 10.4. The molecular formula is C12H19N5O. The van der Waals surface area contributed by atoms with Crippen LogP contribution in [0.15, 0.2) is 12.4 Å². The molecular weight excluding hydrogens is 230 g/mol. The summed E-state index contributed by atoms with van der Waals surface area (Å²) in [6.45, 7) is 5.46. The summed E-state index contributed by atoms with van der Waals surface area (Å²) in [5.74, 6) is 1.90. The van der Waals surface area contributed by atoms with E-state index in [0.717, 1.165) is 57.4 Å². The zero-order chi connectivity index (χ0) is 12.2. The molecule has 0 saturated carbocycles. The minimum absolute atomic E-state index is 0.484. The lowest BCUT2D eigenvalue weighted by molar-refractivity contribution is 0.122. The van der Waals surface area contributed by atoms with Crippen LogP contribution in [0.4, 0.5) is 11.6 Å². The average Bonchev–Trinajstić information content (AvgIpc) is 2.93. The van der Waals surface area contributed by atoms with Crippen LogP contribution in [0.5, 0.6) is 0 Å². The predicted molar refractivity (Wildman–Crippen MR) is 70.0 cm³/mol. The fraction of sp³-hybridized carbons (Fsp3) is 0.667. The van der Waals surface area contributed by atoms with Crippen molar-refractivity contribution in [2.24, 2.45) is 0 Å². The van der Waals surface area contributed by atoms with Gasteiger partial charge in [0.1, 0.15) is 18.0 Å². The summed E-state index contributed by atoms with van der Waals surface area (Å²) in [7, 11) is 0. The van der Waals surface area contributed by atoms with E-state index in [2.05, 4.69) is 25.5 Å². The van der Waals surface area contributed by atoms with Gasteiger partial charge in [0.15, 0.2) is 0 Å². The number of hydrogen-bond acceptors (Lipinski definition) is 6. The normalized spacial score (nSPS) is 24.2. The van der Waals surface area contributed by atoms with Crippen molar-refractivity contribution >= 4 is 11.6 Å². The molecule has 1 aromatic rings. The van der Waals surface area contributed by atoms with E-state index in [-0.39, 0.29) is 0 Å². The fourth-order valence-electron chi connectivity index (χ4n) is 2.38. The number of ether oxygens (including phenoxy) is 1. The lowest BCUT2D eigenvalue weighted by Gasteiger charge is -2.28. The van der Waals surface area contributed by atoms with Crippen LogP contribution < -0.4 is 15.5 Å². The molecule has 6 nitrogen and oxygen atoms in total. The molecule has 0 aromatic carbocycles. The van der Waals surface area contributed by atoms with Crippen LogP contribution in [-0.4, -0.2) is 55.4 Å². The zero-order valence-corrected chi connectivity index (χ0v) is 10.4. The fourth-order valence-corrected chi connectivity index (χ4v) is 2.38. The Morgan fingerprint density at radius 1 is 1.33 bits per heavy atom. The molecule has 1 aromatic heterocycles. The summed E-state index contributed by atoms with van der Waals surface area (Å²) in [5.41, 5.74) is 0. The van der Waals surface area contributed by atoms with Gasteiger partial charge in [0.2, 0.25) is 0 Å². The van der Waals surface area contributed by atoms with Gasteiger partial charge in [-0.05, 0) is 13.0 Å². The molecule has 18 heavy (non-hydrogen) atoms. The third kappa shape index (κ3) is 2.70. The highest BCUT2D eigenvalue weighted by Gasteiger charge is 2.16. The maximum absolute atomic E-state index is 5.35. The quantitative estimate of drug-likeness (QED) is 0.791. The van der Waals surface area contributed by atoms with Crippen LogP contribution in [-0.2, 0) is 4.74 Å². The van der Waals surface area contributed by atoms with E-state index >= 15 is 0 Å². The Morgan fingerprint density at radius 3 is 3.00 bits per heavy atom. The number of nitrogens with one attached hydrogen (secondary N) is 2. The summed E-state index contributed by atoms with van der Waals surface area (Å²) >= 11 is 0. The lowest BCUT2D eigenvalue weighted by Crippen LogP contribution is -2.36.